The largest absolute Gasteiger partial charge is 0.496 e. The van der Waals surface area contributed by atoms with E-state index in [1.807, 2.05) is 19.1 Å². The molecular formula is C12H16O3. The van der Waals surface area contributed by atoms with E-state index in [9.17, 15) is 4.79 Å². The number of hydrogen-bond donors (Lipinski definition) is 0. The van der Waals surface area contributed by atoms with Crippen molar-refractivity contribution in [3.63, 3.8) is 0 Å². The number of ether oxygens (including phenoxy) is 2. The Hall–Kier alpha value is -1.35. The molecule has 0 amide bonds. The lowest BCUT2D eigenvalue weighted by atomic mass is 10.0. The van der Waals surface area contributed by atoms with Crippen LogP contribution in [0.25, 0.3) is 0 Å². The Bertz CT molecular complexity index is 329. The summed E-state index contributed by atoms with van der Waals surface area (Å²) in [6, 6.07) is 7.18. The number of methoxy groups -OCH3 is 2. The fourth-order valence-corrected chi connectivity index (χ4v) is 1.48. The van der Waals surface area contributed by atoms with Crippen molar-refractivity contribution in [3.8, 4) is 5.75 Å². The molecule has 0 aliphatic rings. The van der Waals surface area contributed by atoms with Gasteiger partial charge in [-0.2, -0.15) is 0 Å². The molecule has 0 saturated carbocycles. The molecule has 1 unspecified atom stereocenters. The van der Waals surface area contributed by atoms with E-state index >= 15 is 0 Å². The standard InChI is InChI=1S/C12H16O3/c1-4-10(14-2)12(13)9-7-5-6-8-11(9)15-3/h5-8,10H,4H2,1-3H3. The molecule has 0 aromatic heterocycles. The average Bonchev–Trinajstić information content (AvgIpc) is 2.30. The number of hydrogen-bond acceptors (Lipinski definition) is 3. The molecule has 82 valence electrons. The number of carbonyl (C=O) groups is 1. The first-order chi connectivity index (χ1) is 7.24. The predicted octanol–water partition coefficient (Wildman–Crippen LogP) is 2.30. The van der Waals surface area contributed by atoms with Crippen LogP contribution in [0, 0.1) is 0 Å². The highest BCUT2D eigenvalue weighted by molar-refractivity contribution is 6.01. The molecule has 0 radical (unpaired) electrons. The van der Waals surface area contributed by atoms with E-state index < -0.39 is 0 Å². The van der Waals surface area contributed by atoms with Gasteiger partial charge in [0.1, 0.15) is 11.9 Å². The summed E-state index contributed by atoms with van der Waals surface area (Å²) < 4.78 is 10.2. The van der Waals surface area contributed by atoms with Crippen LogP contribution in [0.2, 0.25) is 0 Å². The molecule has 1 aromatic carbocycles. The zero-order valence-electron chi connectivity index (χ0n) is 9.32. The molecule has 0 aliphatic heterocycles. The third-order valence-corrected chi connectivity index (χ3v) is 2.32. The molecule has 1 aromatic rings. The summed E-state index contributed by atoms with van der Waals surface area (Å²) in [4.78, 5) is 12.0. The van der Waals surface area contributed by atoms with Crippen molar-refractivity contribution < 1.29 is 14.3 Å². The zero-order valence-corrected chi connectivity index (χ0v) is 9.32. The van der Waals surface area contributed by atoms with Crippen molar-refractivity contribution >= 4 is 5.78 Å². The monoisotopic (exact) mass is 208 g/mol. The summed E-state index contributed by atoms with van der Waals surface area (Å²) in [6.45, 7) is 1.92. The fourth-order valence-electron chi connectivity index (χ4n) is 1.48. The SMILES string of the molecule is CCC(OC)C(=O)c1ccccc1OC. The third kappa shape index (κ3) is 2.57. The summed E-state index contributed by atoms with van der Waals surface area (Å²) in [5.74, 6) is 0.565. The van der Waals surface area contributed by atoms with E-state index in [2.05, 4.69) is 0 Å². The fraction of sp³-hybridized carbons (Fsp3) is 0.417. The molecule has 0 spiro atoms. The van der Waals surface area contributed by atoms with Gasteiger partial charge in [0.25, 0.3) is 0 Å². The second kappa shape index (κ2) is 5.51. The average molecular weight is 208 g/mol. The first-order valence-electron chi connectivity index (χ1n) is 4.94. The minimum atomic E-state index is -0.388. The molecule has 1 atom stereocenters. The van der Waals surface area contributed by atoms with Gasteiger partial charge < -0.3 is 9.47 Å². The second-order valence-electron chi connectivity index (χ2n) is 3.20. The molecular weight excluding hydrogens is 192 g/mol. The molecule has 0 heterocycles. The third-order valence-electron chi connectivity index (χ3n) is 2.32. The van der Waals surface area contributed by atoms with Crippen LogP contribution in [-0.2, 0) is 4.74 Å². The van der Waals surface area contributed by atoms with Gasteiger partial charge in [0, 0.05) is 7.11 Å². The number of ketones is 1. The first kappa shape index (κ1) is 11.7. The molecule has 15 heavy (non-hydrogen) atoms. The normalized spacial score (nSPS) is 12.2. The van der Waals surface area contributed by atoms with E-state index in [1.165, 1.54) is 0 Å². The van der Waals surface area contributed by atoms with E-state index in [-0.39, 0.29) is 11.9 Å². The lowest BCUT2D eigenvalue weighted by molar-refractivity contribution is 0.0593. The highest BCUT2D eigenvalue weighted by Gasteiger charge is 2.20. The summed E-state index contributed by atoms with van der Waals surface area (Å²) in [5.41, 5.74) is 0.578. The zero-order chi connectivity index (χ0) is 11.3. The first-order valence-corrected chi connectivity index (χ1v) is 4.94. The van der Waals surface area contributed by atoms with Crippen molar-refractivity contribution in [2.24, 2.45) is 0 Å². The topological polar surface area (TPSA) is 35.5 Å². The molecule has 3 heteroatoms. The van der Waals surface area contributed by atoms with Gasteiger partial charge in [0.2, 0.25) is 0 Å². The minimum Gasteiger partial charge on any atom is -0.496 e. The molecule has 0 saturated heterocycles. The molecule has 0 aliphatic carbocycles. The molecule has 1 rings (SSSR count). The Labute approximate surface area is 90.0 Å². The Morgan fingerprint density at radius 2 is 2.00 bits per heavy atom. The number of Topliss-reactive ketones (excluding diaryl/α,β-unsaturated/α-hetero) is 1. The van der Waals surface area contributed by atoms with Crippen LogP contribution in [0.1, 0.15) is 23.7 Å². The molecule has 3 nitrogen and oxygen atoms in total. The summed E-state index contributed by atoms with van der Waals surface area (Å²) >= 11 is 0. The van der Waals surface area contributed by atoms with E-state index in [0.717, 1.165) is 0 Å². The van der Waals surface area contributed by atoms with Gasteiger partial charge in [-0.3, -0.25) is 4.79 Å². The Morgan fingerprint density at radius 3 is 2.53 bits per heavy atom. The van der Waals surface area contributed by atoms with Crippen molar-refractivity contribution in [1.82, 2.24) is 0 Å². The Balaban J connectivity index is 2.99. The van der Waals surface area contributed by atoms with Crippen LogP contribution in [0.3, 0.4) is 0 Å². The minimum absolute atomic E-state index is 0.0301. The van der Waals surface area contributed by atoms with Gasteiger partial charge in [-0.05, 0) is 18.6 Å². The number of rotatable bonds is 5. The van der Waals surface area contributed by atoms with Crippen LogP contribution in [0.5, 0.6) is 5.75 Å². The van der Waals surface area contributed by atoms with Gasteiger partial charge in [0.05, 0.1) is 12.7 Å². The van der Waals surface area contributed by atoms with Crippen LogP contribution < -0.4 is 4.74 Å². The molecule has 0 bridgehead atoms. The Morgan fingerprint density at radius 1 is 1.33 bits per heavy atom. The van der Waals surface area contributed by atoms with Gasteiger partial charge in [-0.15, -0.1) is 0 Å². The maximum Gasteiger partial charge on any atom is 0.195 e. The highest BCUT2D eigenvalue weighted by atomic mass is 16.5. The molecule has 0 N–H and O–H groups in total. The highest BCUT2D eigenvalue weighted by Crippen LogP contribution is 2.20. The maximum absolute atomic E-state index is 12.0. The van der Waals surface area contributed by atoms with Crippen molar-refractivity contribution in [1.29, 1.82) is 0 Å². The van der Waals surface area contributed by atoms with Gasteiger partial charge >= 0.3 is 0 Å². The van der Waals surface area contributed by atoms with Crippen molar-refractivity contribution in [3.05, 3.63) is 29.8 Å². The van der Waals surface area contributed by atoms with Crippen molar-refractivity contribution in [2.75, 3.05) is 14.2 Å². The maximum atomic E-state index is 12.0. The Kier molecular flexibility index (Phi) is 4.31. The van der Waals surface area contributed by atoms with Gasteiger partial charge in [-0.1, -0.05) is 19.1 Å². The van der Waals surface area contributed by atoms with Crippen LogP contribution in [-0.4, -0.2) is 26.1 Å². The van der Waals surface area contributed by atoms with Crippen LogP contribution in [0.15, 0.2) is 24.3 Å². The molecule has 0 fully saturated rings. The van der Waals surface area contributed by atoms with Gasteiger partial charge in [-0.25, -0.2) is 0 Å². The summed E-state index contributed by atoms with van der Waals surface area (Å²) in [5, 5.41) is 0. The van der Waals surface area contributed by atoms with E-state index in [1.54, 1.807) is 26.4 Å². The number of carbonyl (C=O) groups excluding carboxylic acids is 1. The second-order valence-corrected chi connectivity index (χ2v) is 3.20. The summed E-state index contributed by atoms with van der Waals surface area (Å²) in [6.07, 6.45) is 0.272. The number of benzene rings is 1. The lowest BCUT2D eigenvalue weighted by Crippen LogP contribution is -2.22. The van der Waals surface area contributed by atoms with E-state index in [4.69, 9.17) is 9.47 Å². The summed E-state index contributed by atoms with van der Waals surface area (Å²) in [7, 11) is 3.10. The lowest BCUT2D eigenvalue weighted by Gasteiger charge is -2.13. The van der Waals surface area contributed by atoms with E-state index in [0.29, 0.717) is 17.7 Å². The number of para-hydroxylation sites is 1. The van der Waals surface area contributed by atoms with Crippen LogP contribution >= 0.6 is 0 Å². The van der Waals surface area contributed by atoms with Crippen LogP contribution in [0.4, 0.5) is 0 Å². The van der Waals surface area contributed by atoms with Gasteiger partial charge in [0.15, 0.2) is 5.78 Å². The quantitative estimate of drug-likeness (QED) is 0.696. The predicted molar refractivity (Wildman–Crippen MR) is 58.4 cm³/mol. The smallest absolute Gasteiger partial charge is 0.195 e. The van der Waals surface area contributed by atoms with Crippen molar-refractivity contribution in [2.45, 2.75) is 19.4 Å².